The maximum absolute atomic E-state index is 12.9. The van der Waals surface area contributed by atoms with Crippen molar-refractivity contribution in [2.24, 2.45) is 0 Å². The molecule has 1 saturated heterocycles. The Labute approximate surface area is 221 Å². The molecule has 0 bridgehead atoms. The second-order valence-electron chi connectivity index (χ2n) is 9.29. The average molecular weight is 516 g/mol. The predicted molar refractivity (Wildman–Crippen MR) is 148 cm³/mol. The standard InChI is InChI=1S/C24H33N5O4.2C2H6/c1-6-16-9-7-8-15(2)19(16)21(30)27-18-14-25-28-20(18)22(31)26-17-10-12-29(13-11-17)23(32)33-24(3,4)5;2*1-2/h7-9,14,17H,6,10-13H2,1-5H3,(H,25,28)(H,26,31)(H,27,30);2*1-2H3. The van der Waals surface area contributed by atoms with Gasteiger partial charge in [0.2, 0.25) is 0 Å². The third-order valence-electron chi connectivity index (χ3n) is 5.56. The van der Waals surface area contributed by atoms with Crippen LogP contribution in [-0.4, -0.2) is 57.7 Å². The van der Waals surface area contributed by atoms with Gasteiger partial charge >= 0.3 is 6.09 Å². The number of nitrogens with zero attached hydrogens (tertiary/aromatic N) is 2. The van der Waals surface area contributed by atoms with Gasteiger partial charge in [0, 0.05) is 24.7 Å². The summed E-state index contributed by atoms with van der Waals surface area (Å²) in [6.45, 7) is 18.4. The number of hydrogen-bond acceptors (Lipinski definition) is 5. The molecule has 0 atom stereocenters. The first-order chi connectivity index (χ1) is 17.6. The number of likely N-dealkylation sites (tertiary alicyclic amines) is 1. The van der Waals surface area contributed by atoms with Crippen LogP contribution in [0.25, 0.3) is 0 Å². The van der Waals surface area contributed by atoms with Gasteiger partial charge in [0.1, 0.15) is 11.3 Å². The van der Waals surface area contributed by atoms with E-state index >= 15 is 0 Å². The maximum atomic E-state index is 12.9. The number of hydrogen-bond donors (Lipinski definition) is 3. The van der Waals surface area contributed by atoms with Crippen molar-refractivity contribution in [3.05, 3.63) is 46.8 Å². The van der Waals surface area contributed by atoms with E-state index in [4.69, 9.17) is 4.74 Å². The van der Waals surface area contributed by atoms with Crippen LogP contribution in [0, 0.1) is 6.92 Å². The lowest BCUT2D eigenvalue weighted by molar-refractivity contribution is 0.0199. The summed E-state index contributed by atoms with van der Waals surface area (Å²) in [6.07, 6.45) is 3.05. The molecule has 1 aliphatic rings. The normalized spacial score (nSPS) is 13.4. The molecule has 206 valence electrons. The molecule has 0 aliphatic carbocycles. The molecule has 0 radical (unpaired) electrons. The number of nitrogens with one attached hydrogen (secondary N) is 3. The Balaban J connectivity index is 0.00000163. The number of aryl methyl sites for hydroxylation is 2. The SMILES string of the molecule is CC.CC.CCc1cccc(C)c1C(=O)Nc1cn[nH]c1C(=O)NC1CCN(C(=O)OC(C)(C)C)CC1. The van der Waals surface area contributed by atoms with Crippen LogP contribution < -0.4 is 10.6 Å². The van der Waals surface area contributed by atoms with Gasteiger partial charge in [-0.15, -0.1) is 0 Å². The van der Waals surface area contributed by atoms with Crippen LogP contribution in [0.4, 0.5) is 10.5 Å². The molecule has 9 heteroatoms. The number of aromatic amines is 1. The zero-order valence-electron chi connectivity index (χ0n) is 23.9. The summed E-state index contributed by atoms with van der Waals surface area (Å²) in [5.41, 5.74) is 2.41. The van der Waals surface area contributed by atoms with E-state index < -0.39 is 5.60 Å². The van der Waals surface area contributed by atoms with Gasteiger partial charge in [-0.1, -0.05) is 52.8 Å². The van der Waals surface area contributed by atoms with E-state index in [1.165, 1.54) is 6.20 Å². The average Bonchev–Trinajstić information content (AvgIpc) is 3.33. The van der Waals surface area contributed by atoms with Crippen molar-refractivity contribution in [2.45, 2.75) is 93.2 Å². The lowest BCUT2D eigenvalue weighted by Gasteiger charge is -2.33. The number of amides is 3. The topological polar surface area (TPSA) is 116 Å². The highest BCUT2D eigenvalue weighted by Crippen LogP contribution is 2.20. The van der Waals surface area contributed by atoms with E-state index in [2.05, 4.69) is 20.8 Å². The van der Waals surface area contributed by atoms with Crippen molar-refractivity contribution in [3.8, 4) is 0 Å². The lowest BCUT2D eigenvalue weighted by Crippen LogP contribution is -2.47. The second kappa shape index (κ2) is 15.0. The third kappa shape index (κ3) is 9.22. The van der Waals surface area contributed by atoms with Crippen LogP contribution in [0.15, 0.2) is 24.4 Å². The molecule has 1 aromatic carbocycles. The summed E-state index contributed by atoms with van der Waals surface area (Å²) >= 11 is 0. The van der Waals surface area contributed by atoms with Crippen molar-refractivity contribution in [1.29, 1.82) is 0 Å². The summed E-state index contributed by atoms with van der Waals surface area (Å²) in [5, 5.41) is 12.4. The van der Waals surface area contributed by atoms with Crippen LogP contribution in [-0.2, 0) is 11.2 Å². The number of carbonyl (C=O) groups excluding carboxylic acids is 3. The third-order valence-corrected chi connectivity index (χ3v) is 5.56. The molecule has 1 aromatic heterocycles. The largest absolute Gasteiger partial charge is 0.444 e. The Morgan fingerprint density at radius 3 is 2.27 bits per heavy atom. The maximum Gasteiger partial charge on any atom is 0.410 e. The summed E-state index contributed by atoms with van der Waals surface area (Å²) in [5.74, 6) is -0.620. The Hall–Kier alpha value is -3.36. The number of carbonyl (C=O) groups is 3. The molecule has 2 heterocycles. The summed E-state index contributed by atoms with van der Waals surface area (Å²) in [6, 6.07) is 5.65. The lowest BCUT2D eigenvalue weighted by atomic mass is 9.99. The molecule has 2 aromatic rings. The summed E-state index contributed by atoms with van der Waals surface area (Å²) in [4.78, 5) is 39.7. The van der Waals surface area contributed by atoms with Gasteiger partial charge in [-0.05, 0) is 58.1 Å². The number of anilines is 1. The molecule has 3 rings (SSSR count). The van der Waals surface area contributed by atoms with Crippen molar-refractivity contribution in [1.82, 2.24) is 20.4 Å². The van der Waals surface area contributed by atoms with E-state index in [0.717, 1.165) is 17.5 Å². The zero-order chi connectivity index (χ0) is 28.2. The first-order valence-electron chi connectivity index (χ1n) is 13.3. The number of rotatable bonds is 5. The predicted octanol–water partition coefficient (Wildman–Crippen LogP) is 5.71. The fourth-order valence-electron chi connectivity index (χ4n) is 3.88. The van der Waals surface area contributed by atoms with E-state index in [1.807, 2.05) is 80.5 Å². The van der Waals surface area contributed by atoms with Gasteiger partial charge in [-0.2, -0.15) is 5.10 Å². The highest BCUT2D eigenvalue weighted by Gasteiger charge is 2.28. The Kier molecular flexibility index (Phi) is 12.9. The van der Waals surface area contributed by atoms with E-state index in [-0.39, 0.29) is 29.6 Å². The van der Waals surface area contributed by atoms with E-state index in [1.54, 1.807) is 4.90 Å². The van der Waals surface area contributed by atoms with Gasteiger partial charge in [0.25, 0.3) is 11.8 Å². The van der Waals surface area contributed by atoms with Crippen LogP contribution in [0.1, 0.15) is 100 Å². The van der Waals surface area contributed by atoms with Gasteiger partial charge in [0.15, 0.2) is 0 Å². The Bertz CT molecular complexity index is 1020. The molecule has 0 spiro atoms. The van der Waals surface area contributed by atoms with E-state index in [9.17, 15) is 14.4 Å². The zero-order valence-corrected chi connectivity index (χ0v) is 23.9. The highest BCUT2D eigenvalue weighted by atomic mass is 16.6. The first kappa shape index (κ1) is 31.7. The Morgan fingerprint density at radius 2 is 1.70 bits per heavy atom. The van der Waals surface area contributed by atoms with Crippen LogP contribution >= 0.6 is 0 Å². The van der Waals surface area contributed by atoms with Crippen molar-refractivity contribution >= 4 is 23.6 Å². The first-order valence-corrected chi connectivity index (χ1v) is 13.3. The summed E-state index contributed by atoms with van der Waals surface area (Å²) in [7, 11) is 0. The number of benzene rings is 1. The van der Waals surface area contributed by atoms with Gasteiger partial charge < -0.3 is 20.3 Å². The van der Waals surface area contributed by atoms with Crippen LogP contribution in [0.3, 0.4) is 0 Å². The molecule has 1 aliphatic heterocycles. The quantitative estimate of drug-likeness (QED) is 0.471. The molecule has 1 fully saturated rings. The van der Waals surface area contributed by atoms with Gasteiger partial charge in [0.05, 0.1) is 11.9 Å². The minimum Gasteiger partial charge on any atom is -0.444 e. The molecular formula is C28H45N5O4. The molecule has 3 amide bonds. The van der Waals surface area contributed by atoms with Gasteiger partial charge in [-0.3, -0.25) is 14.7 Å². The molecule has 37 heavy (non-hydrogen) atoms. The minimum absolute atomic E-state index is 0.0916. The number of H-pyrrole nitrogens is 1. The molecule has 0 unspecified atom stereocenters. The van der Waals surface area contributed by atoms with Crippen LogP contribution in [0.2, 0.25) is 0 Å². The minimum atomic E-state index is -0.542. The highest BCUT2D eigenvalue weighted by molar-refractivity contribution is 6.09. The van der Waals surface area contributed by atoms with Gasteiger partial charge in [-0.25, -0.2) is 4.79 Å². The Morgan fingerprint density at radius 1 is 1.08 bits per heavy atom. The summed E-state index contributed by atoms with van der Waals surface area (Å²) < 4.78 is 5.41. The fraction of sp³-hybridized carbons (Fsp3) is 0.571. The molecule has 9 nitrogen and oxygen atoms in total. The monoisotopic (exact) mass is 515 g/mol. The van der Waals surface area contributed by atoms with E-state index in [0.29, 0.717) is 37.2 Å². The van der Waals surface area contributed by atoms with Crippen LogP contribution in [0.5, 0.6) is 0 Å². The molecule has 0 saturated carbocycles. The molecular weight excluding hydrogens is 470 g/mol. The molecule has 3 N–H and O–H groups in total. The number of ether oxygens (including phenoxy) is 1. The fourth-order valence-corrected chi connectivity index (χ4v) is 3.88. The second-order valence-corrected chi connectivity index (χ2v) is 9.29. The van der Waals surface area contributed by atoms with Crippen molar-refractivity contribution < 1.29 is 19.1 Å². The number of aromatic nitrogens is 2. The number of piperidine rings is 1. The van der Waals surface area contributed by atoms with Crippen molar-refractivity contribution in [2.75, 3.05) is 18.4 Å². The van der Waals surface area contributed by atoms with Crippen molar-refractivity contribution in [3.63, 3.8) is 0 Å². The smallest absolute Gasteiger partial charge is 0.410 e.